The second-order valence-corrected chi connectivity index (χ2v) is 6.70. The van der Waals surface area contributed by atoms with Gasteiger partial charge in [0.05, 0.1) is 5.56 Å². The van der Waals surface area contributed by atoms with Crippen molar-refractivity contribution in [3.05, 3.63) is 58.1 Å². The lowest BCUT2D eigenvalue weighted by Gasteiger charge is -2.27. The van der Waals surface area contributed by atoms with E-state index in [1.165, 1.54) is 6.42 Å². The summed E-state index contributed by atoms with van der Waals surface area (Å²) >= 11 is 0. The van der Waals surface area contributed by atoms with Crippen LogP contribution in [0.25, 0.3) is 0 Å². The van der Waals surface area contributed by atoms with Gasteiger partial charge in [-0.15, -0.1) is 0 Å². The Morgan fingerprint density at radius 2 is 1.48 bits per heavy atom. The van der Waals surface area contributed by atoms with E-state index in [1.807, 2.05) is 0 Å². The third-order valence-electron chi connectivity index (χ3n) is 5.08. The van der Waals surface area contributed by atoms with E-state index in [1.54, 1.807) is 30.3 Å². The molecule has 0 unspecified atom stereocenters. The number of phenolic OH excluding ortho intramolecular Hbond substituents is 2. The van der Waals surface area contributed by atoms with Gasteiger partial charge in [-0.1, -0.05) is 30.7 Å². The lowest BCUT2D eigenvalue weighted by Crippen LogP contribution is -2.29. The van der Waals surface area contributed by atoms with Gasteiger partial charge in [0.1, 0.15) is 0 Å². The fourth-order valence-corrected chi connectivity index (χ4v) is 3.76. The van der Waals surface area contributed by atoms with Crippen LogP contribution in [0.15, 0.2) is 30.3 Å². The molecule has 0 bridgehead atoms. The molecule has 1 aliphatic heterocycles. The molecular weight excluding hydrogens is 318 g/mol. The molecule has 1 aliphatic carbocycles. The fourth-order valence-electron chi connectivity index (χ4n) is 3.76. The van der Waals surface area contributed by atoms with Gasteiger partial charge < -0.3 is 10.2 Å². The minimum Gasteiger partial charge on any atom is -0.504 e. The van der Waals surface area contributed by atoms with E-state index in [0.717, 1.165) is 25.9 Å². The van der Waals surface area contributed by atoms with Crippen LogP contribution in [0, 0.1) is 0 Å². The number of rotatable bonds is 2. The predicted octanol–water partition coefficient (Wildman–Crippen LogP) is 2.86. The monoisotopic (exact) mass is 337 g/mol. The van der Waals surface area contributed by atoms with Crippen LogP contribution in [0.2, 0.25) is 0 Å². The average molecular weight is 337 g/mol. The number of hydrogen-bond donors (Lipinski definition) is 2. The first-order valence-electron chi connectivity index (χ1n) is 8.56. The molecule has 2 aliphatic rings. The standard InChI is InChI=1S/C20H19NO4/c22-17-12(11-21-8-4-1-5-9-21)10-15-16(20(17)25)19(24)14-7-3-2-6-13(14)18(15)23/h2-3,6-7,10,22,25H,1,4-5,8-9,11H2. The molecular formula is C20H19NO4. The normalized spacial score (nSPS) is 17.3. The minimum absolute atomic E-state index is 0.0939. The number of benzene rings is 2. The Balaban J connectivity index is 1.80. The van der Waals surface area contributed by atoms with Crippen molar-refractivity contribution in [2.45, 2.75) is 25.8 Å². The number of aromatic hydroxyl groups is 2. The topological polar surface area (TPSA) is 77.8 Å². The highest BCUT2D eigenvalue weighted by molar-refractivity contribution is 6.29. The van der Waals surface area contributed by atoms with Crippen LogP contribution in [-0.2, 0) is 6.54 Å². The summed E-state index contributed by atoms with van der Waals surface area (Å²) in [5, 5.41) is 20.8. The molecule has 2 aromatic rings. The predicted molar refractivity (Wildman–Crippen MR) is 92.2 cm³/mol. The van der Waals surface area contributed by atoms with Crippen molar-refractivity contribution in [3.63, 3.8) is 0 Å². The van der Waals surface area contributed by atoms with Crippen LogP contribution in [-0.4, -0.2) is 39.8 Å². The van der Waals surface area contributed by atoms with Crippen molar-refractivity contribution in [1.82, 2.24) is 4.90 Å². The molecule has 0 aromatic heterocycles. The van der Waals surface area contributed by atoms with Crippen LogP contribution in [0.1, 0.15) is 56.7 Å². The SMILES string of the molecule is O=C1c2ccccc2C(=O)c2c1cc(CN1CCCCC1)c(O)c2O. The molecule has 2 N–H and O–H groups in total. The molecule has 0 radical (unpaired) electrons. The van der Waals surface area contributed by atoms with Crippen LogP contribution >= 0.6 is 0 Å². The van der Waals surface area contributed by atoms with Gasteiger partial charge in [0, 0.05) is 28.8 Å². The number of phenols is 2. The van der Waals surface area contributed by atoms with E-state index < -0.39 is 11.5 Å². The lowest BCUT2D eigenvalue weighted by atomic mass is 9.82. The summed E-state index contributed by atoms with van der Waals surface area (Å²) in [6.07, 6.45) is 3.40. The van der Waals surface area contributed by atoms with E-state index in [2.05, 4.69) is 4.90 Å². The maximum atomic E-state index is 12.8. The van der Waals surface area contributed by atoms with Gasteiger partial charge in [0.2, 0.25) is 0 Å². The highest BCUT2D eigenvalue weighted by Gasteiger charge is 2.34. The number of carbonyl (C=O) groups excluding carboxylic acids is 2. The smallest absolute Gasteiger partial charge is 0.198 e. The third-order valence-corrected chi connectivity index (χ3v) is 5.08. The Labute approximate surface area is 145 Å². The fraction of sp³-hybridized carbons (Fsp3) is 0.300. The number of nitrogens with zero attached hydrogens (tertiary/aromatic N) is 1. The van der Waals surface area contributed by atoms with Crippen molar-refractivity contribution in [3.8, 4) is 11.5 Å². The number of piperidine rings is 1. The number of hydrogen-bond acceptors (Lipinski definition) is 5. The molecule has 5 nitrogen and oxygen atoms in total. The van der Waals surface area contributed by atoms with Crippen molar-refractivity contribution >= 4 is 11.6 Å². The van der Waals surface area contributed by atoms with Crippen LogP contribution in [0.3, 0.4) is 0 Å². The van der Waals surface area contributed by atoms with Crippen molar-refractivity contribution in [1.29, 1.82) is 0 Å². The molecule has 2 aromatic carbocycles. The van der Waals surface area contributed by atoms with E-state index in [4.69, 9.17) is 0 Å². The maximum absolute atomic E-state index is 12.8. The summed E-state index contributed by atoms with van der Waals surface area (Å²) < 4.78 is 0. The first kappa shape index (κ1) is 15.8. The zero-order valence-electron chi connectivity index (χ0n) is 13.8. The number of fused-ring (bicyclic) bond motifs is 2. The highest BCUT2D eigenvalue weighted by atomic mass is 16.3. The molecule has 1 heterocycles. The second kappa shape index (κ2) is 6.01. The molecule has 0 atom stereocenters. The Morgan fingerprint density at radius 1 is 0.840 bits per heavy atom. The van der Waals surface area contributed by atoms with Gasteiger partial charge in [0.15, 0.2) is 23.1 Å². The molecule has 1 saturated heterocycles. The zero-order valence-corrected chi connectivity index (χ0v) is 13.8. The lowest BCUT2D eigenvalue weighted by molar-refractivity contribution is 0.0976. The Morgan fingerprint density at radius 3 is 2.16 bits per heavy atom. The quantitative estimate of drug-likeness (QED) is 0.703. The van der Waals surface area contributed by atoms with E-state index in [-0.39, 0.29) is 28.2 Å². The summed E-state index contributed by atoms with van der Waals surface area (Å²) in [4.78, 5) is 27.7. The number of carbonyl (C=O) groups is 2. The van der Waals surface area contributed by atoms with Crippen molar-refractivity contribution in [2.24, 2.45) is 0 Å². The second-order valence-electron chi connectivity index (χ2n) is 6.70. The Bertz CT molecular complexity index is 882. The van der Waals surface area contributed by atoms with Gasteiger partial charge in [-0.25, -0.2) is 0 Å². The third kappa shape index (κ3) is 2.51. The van der Waals surface area contributed by atoms with Gasteiger partial charge in [-0.2, -0.15) is 0 Å². The van der Waals surface area contributed by atoms with E-state index in [0.29, 0.717) is 17.7 Å². The average Bonchev–Trinajstić information content (AvgIpc) is 2.64. The van der Waals surface area contributed by atoms with Gasteiger partial charge >= 0.3 is 0 Å². The molecule has 0 amide bonds. The molecule has 4 rings (SSSR count). The summed E-state index contributed by atoms with van der Waals surface area (Å²) in [7, 11) is 0. The van der Waals surface area contributed by atoms with Crippen molar-refractivity contribution < 1.29 is 19.8 Å². The van der Waals surface area contributed by atoms with Crippen LogP contribution in [0.4, 0.5) is 0 Å². The largest absolute Gasteiger partial charge is 0.504 e. The molecule has 25 heavy (non-hydrogen) atoms. The van der Waals surface area contributed by atoms with Crippen LogP contribution < -0.4 is 0 Å². The van der Waals surface area contributed by atoms with Gasteiger partial charge in [-0.05, 0) is 32.0 Å². The summed E-state index contributed by atoms with van der Waals surface area (Å²) in [5.41, 5.74) is 1.17. The molecule has 0 saturated carbocycles. The van der Waals surface area contributed by atoms with Gasteiger partial charge in [-0.3, -0.25) is 14.5 Å². The van der Waals surface area contributed by atoms with Gasteiger partial charge in [0.25, 0.3) is 0 Å². The maximum Gasteiger partial charge on any atom is 0.198 e. The summed E-state index contributed by atoms with van der Waals surface area (Å²) in [6.45, 7) is 2.30. The first-order valence-corrected chi connectivity index (χ1v) is 8.56. The summed E-state index contributed by atoms with van der Waals surface area (Å²) in [5.74, 6) is -1.51. The zero-order chi connectivity index (χ0) is 17.6. The molecule has 0 spiro atoms. The summed E-state index contributed by atoms with van der Waals surface area (Å²) in [6, 6.07) is 8.14. The Hall–Kier alpha value is -2.66. The number of ketones is 2. The molecule has 1 fully saturated rings. The minimum atomic E-state index is -0.489. The van der Waals surface area contributed by atoms with Crippen LogP contribution in [0.5, 0.6) is 11.5 Å². The highest BCUT2D eigenvalue weighted by Crippen LogP contribution is 2.41. The molecule has 128 valence electrons. The molecule has 5 heteroatoms. The van der Waals surface area contributed by atoms with E-state index >= 15 is 0 Å². The van der Waals surface area contributed by atoms with E-state index in [9.17, 15) is 19.8 Å². The first-order chi connectivity index (χ1) is 12.1. The van der Waals surface area contributed by atoms with Crippen molar-refractivity contribution in [2.75, 3.05) is 13.1 Å². The number of likely N-dealkylation sites (tertiary alicyclic amines) is 1. The Kier molecular flexibility index (Phi) is 3.81.